The van der Waals surface area contributed by atoms with Gasteiger partial charge in [-0.25, -0.2) is 4.98 Å². The summed E-state index contributed by atoms with van der Waals surface area (Å²) in [4.78, 5) is 20.2. The number of nitrogens with zero attached hydrogens (tertiary/aromatic N) is 4. The fraction of sp³-hybridized carbons (Fsp3) is 0.231. The Morgan fingerprint density at radius 1 is 1.43 bits per heavy atom. The van der Waals surface area contributed by atoms with Crippen LogP contribution < -0.4 is 10.6 Å². The number of aromatic nitrogens is 2. The fourth-order valence-electron chi connectivity index (χ4n) is 2.04. The second-order valence-corrected chi connectivity index (χ2v) is 5.02. The summed E-state index contributed by atoms with van der Waals surface area (Å²) >= 11 is 5.93. The molecule has 21 heavy (non-hydrogen) atoms. The first-order chi connectivity index (χ1) is 9.88. The van der Waals surface area contributed by atoms with Gasteiger partial charge in [0.1, 0.15) is 5.69 Å². The zero-order valence-electron chi connectivity index (χ0n) is 11.6. The molecule has 0 aliphatic carbocycles. The van der Waals surface area contributed by atoms with Crippen molar-refractivity contribution < 1.29 is 4.92 Å². The molecule has 0 saturated heterocycles. The number of halogens is 1. The lowest BCUT2D eigenvalue weighted by atomic mass is 10.2. The number of nitrogens with two attached hydrogens (primary N) is 1. The van der Waals surface area contributed by atoms with E-state index < -0.39 is 4.92 Å². The molecule has 0 unspecified atom stereocenters. The minimum absolute atomic E-state index is 0.00560. The minimum Gasteiger partial charge on any atom is -0.368 e. The molecular formula is C13H14ClN5O2. The highest BCUT2D eigenvalue weighted by Crippen LogP contribution is 2.29. The van der Waals surface area contributed by atoms with E-state index in [1.165, 1.54) is 6.92 Å². The van der Waals surface area contributed by atoms with Crippen LogP contribution in [0.15, 0.2) is 24.3 Å². The summed E-state index contributed by atoms with van der Waals surface area (Å²) < 4.78 is 0. The molecule has 0 aliphatic rings. The number of hydrogen-bond donors (Lipinski definition) is 1. The summed E-state index contributed by atoms with van der Waals surface area (Å²) in [5.41, 5.74) is 6.59. The predicted molar refractivity (Wildman–Crippen MR) is 81.4 cm³/mol. The van der Waals surface area contributed by atoms with Crippen LogP contribution in [0, 0.1) is 17.0 Å². The molecule has 2 N–H and O–H groups in total. The first kappa shape index (κ1) is 15.0. The van der Waals surface area contributed by atoms with Gasteiger partial charge in [-0.15, -0.1) is 0 Å². The van der Waals surface area contributed by atoms with Gasteiger partial charge in [-0.05, 0) is 24.6 Å². The van der Waals surface area contributed by atoms with Crippen LogP contribution in [0.2, 0.25) is 5.02 Å². The molecule has 0 bridgehead atoms. The van der Waals surface area contributed by atoms with Gasteiger partial charge in [-0.1, -0.05) is 23.7 Å². The molecule has 1 heterocycles. The van der Waals surface area contributed by atoms with Crippen LogP contribution in [0.3, 0.4) is 0 Å². The number of hydrogen-bond acceptors (Lipinski definition) is 6. The minimum atomic E-state index is -0.501. The lowest BCUT2D eigenvalue weighted by Gasteiger charge is -2.19. The van der Waals surface area contributed by atoms with E-state index in [2.05, 4.69) is 9.97 Å². The Labute approximate surface area is 126 Å². The van der Waals surface area contributed by atoms with E-state index in [0.29, 0.717) is 11.6 Å². The molecule has 0 saturated carbocycles. The van der Waals surface area contributed by atoms with E-state index in [4.69, 9.17) is 17.3 Å². The van der Waals surface area contributed by atoms with Crippen molar-refractivity contribution in [3.63, 3.8) is 0 Å². The molecule has 0 aliphatic heterocycles. The Morgan fingerprint density at radius 2 is 2.14 bits per heavy atom. The first-order valence-electron chi connectivity index (χ1n) is 6.12. The van der Waals surface area contributed by atoms with Crippen LogP contribution in [0.25, 0.3) is 0 Å². The number of aryl methyl sites for hydroxylation is 1. The summed E-state index contributed by atoms with van der Waals surface area (Å²) in [5, 5.41) is 11.8. The highest BCUT2D eigenvalue weighted by atomic mass is 35.5. The van der Waals surface area contributed by atoms with E-state index in [0.717, 1.165) is 5.56 Å². The lowest BCUT2D eigenvalue weighted by molar-refractivity contribution is -0.385. The standard InChI is InChI=1S/C13H14ClN5O2/c1-8-11(19(20)21)12(17-13(15)16-8)18(2)7-9-4-3-5-10(14)6-9/h3-6H,7H2,1-2H3,(H2,15,16,17). The van der Waals surface area contributed by atoms with E-state index in [-0.39, 0.29) is 23.1 Å². The number of benzene rings is 1. The van der Waals surface area contributed by atoms with Crippen LogP contribution in [-0.2, 0) is 6.54 Å². The maximum Gasteiger partial charge on any atom is 0.332 e. The summed E-state index contributed by atoms with van der Waals surface area (Å²) in [6, 6.07) is 7.26. The molecule has 110 valence electrons. The summed E-state index contributed by atoms with van der Waals surface area (Å²) in [6.07, 6.45) is 0. The van der Waals surface area contributed by atoms with Crippen molar-refractivity contribution in [3.8, 4) is 0 Å². The Bertz CT molecular complexity index is 692. The van der Waals surface area contributed by atoms with Crippen LogP contribution in [-0.4, -0.2) is 21.9 Å². The van der Waals surface area contributed by atoms with Gasteiger partial charge in [0.15, 0.2) is 0 Å². The molecule has 0 atom stereocenters. The van der Waals surface area contributed by atoms with Crippen molar-refractivity contribution in [1.82, 2.24) is 9.97 Å². The van der Waals surface area contributed by atoms with E-state index in [9.17, 15) is 10.1 Å². The monoisotopic (exact) mass is 307 g/mol. The van der Waals surface area contributed by atoms with Crippen LogP contribution in [0.5, 0.6) is 0 Å². The van der Waals surface area contributed by atoms with Crippen molar-refractivity contribution in [2.75, 3.05) is 17.7 Å². The van der Waals surface area contributed by atoms with Gasteiger partial charge in [-0.3, -0.25) is 10.1 Å². The molecule has 7 nitrogen and oxygen atoms in total. The molecule has 1 aromatic heterocycles. The molecule has 2 rings (SSSR count). The van der Waals surface area contributed by atoms with Crippen LogP contribution in [0.1, 0.15) is 11.3 Å². The third kappa shape index (κ3) is 3.38. The van der Waals surface area contributed by atoms with E-state index in [1.807, 2.05) is 12.1 Å². The maximum absolute atomic E-state index is 11.2. The molecule has 0 amide bonds. The fourth-order valence-corrected chi connectivity index (χ4v) is 2.25. The van der Waals surface area contributed by atoms with Crippen molar-refractivity contribution in [2.45, 2.75) is 13.5 Å². The second kappa shape index (κ2) is 5.92. The quantitative estimate of drug-likeness (QED) is 0.688. The van der Waals surface area contributed by atoms with Crippen molar-refractivity contribution in [3.05, 3.63) is 50.7 Å². The van der Waals surface area contributed by atoms with Gasteiger partial charge in [0.05, 0.1) is 4.92 Å². The number of rotatable bonds is 4. The number of anilines is 2. The Hall–Kier alpha value is -2.41. The maximum atomic E-state index is 11.2. The number of nitrogen functional groups attached to an aromatic ring is 1. The highest BCUT2D eigenvalue weighted by Gasteiger charge is 2.24. The SMILES string of the molecule is Cc1nc(N)nc(N(C)Cc2cccc(Cl)c2)c1[N+](=O)[O-]. The molecule has 1 aromatic carbocycles. The average Bonchev–Trinajstić information content (AvgIpc) is 2.37. The van der Waals surface area contributed by atoms with E-state index >= 15 is 0 Å². The smallest absolute Gasteiger partial charge is 0.332 e. The topological polar surface area (TPSA) is 98.2 Å². The third-order valence-corrected chi connectivity index (χ3v) is 3.15. The molecule has 8 heteroatoms. The largest absolute Gasteiger partial charge is 0.368 e. The molecule has 2 aromatic rings. The number of nitro groups is 1. The van der Waals surface area contributed by atoms with Gasteiger partial charge in [0.25, 0.3) is 0 Å². The second-order valence-electron chi connectivity index (χ2n) is 4.58. The lowest BCUT2D eigenvalue weighted by Crippen LogP contribution is -2.20. The van der Waals surface area contributed by atoms with Gasteiger partial charge in [0, 0.05) is 18.6 Å². The Balaban J connectivity index is 2.39. The zero-order chi connectivity index (χ0) is 15.6. The summed E-state index contributed by atoms with van der Waals surface area (Å²) in [7, 11) is 1.70. The Kier molecular flexibility index (Phi) is 4.23. The van der Waals surface area contributed by atoms with Gasteiger partial charge >= 0.3 is 5.69 Å². The highest BCUT2D eigenvalue weighted by molar-refractivity contribution is 6.30. The van der Waals surface area contributed by atoms with Gasteiger partial charge in [-0.2, -0.15) is 4.98 Å². The molecule has 0 fully saturated rings. The molecule has 0 radical (unpaired) electrons. The van der Waals surface area contributed by atoms with Crippen LogP contribution >= 0.6 is 11.6 Å². The summed E-state index contributed by atoms with van der Waals surface area (Å²) in [6.45, 7) is 1.95. The molecule has 0 spiro atoms. The van der Waals surface area contributed by atoms with Crippen molar-refractivity contribution >= 4 is 29.1 Å². The summed E-state index contributed by atoms with van der Waals surface area (Å²) in [5.74, 6) is 0.191. The molecular weight excluding hydrogens is 294 g/mol. The first-order valence-corrected chi connectivity index (χ1v) is 6.50. The van der Waals surface area contributed by atoms with Crippen molar-refractivity contribution in [2.24, 2.45) is 0 Å². The zero-order valence-corrected chi connectivity index (χ0v) is 12.3. The van der Waals surface area contributed by atoms with Gasteiger partial charge in [0.2, 0.25) is 11.8 Å². The van der Waals surface area contributed by atoms with Gasteiger partial charge < -0.3 is 10.6 Å². The third-order valence-electron chi connectivity index (χ3n) is 2.91. The average molecular weight is 308 g/mol. The normalized spacial score (nSPS) is 10.4. The van der Waals surface area contributed by atoms with Crippen molar-refractivity contribution in [1.29, 1.82) is 0 Å². The van der Waals surface area contributed by atoms with E-state index in [1.54, 1.807) is 24.1 Å². The predicted octanol–water partition coefficient (Wildman–Crippen LogP) is 2.57. The van der Waals surface area contributed by atoms with Crippen LogP contribution in [0.4, 0.5) is 17.5 Å². The Morgan fingerprint density at radius 3 is 2.76 bits per heavy atom.